The first-order valence-corrected chi connectivity index (χ1v) is 7.86. The Morgan fingerprint density at radius 2 is 1.56 bits per heavy atom. The maximum atomic E-state index is 3.88. The van der Waals surface area contributed by atoms with E-state index in [9.17, 15) is 0 Å². The van der Waals surface area contributed by atoms with Gasteiger partial charge in [-0.1, -0.05) is 0 Å². The van der Waals surface area contributed by atoms with Crippen molar-refractivity contribution >= 4 is 0 Å². The van der Waals surface area contributed by atoms with E-state index in [-0.39, 0.29) is 0 Å². The Morgan fingerprint density at radius 3 is 2.17 bits per heavy atom. The maximum Gasteiger partial charge on any atom is 0.0111 e. The Morgan fingerprint density at radius 1 is 0.944 bits per heavy atom. The zero-order chi connectivity index (χ0) is 12.5. The summed E-state index contributed by atoms with van der Waals surface area (Å²) >= 11 is 0. The number of hydrogen-bond acceptors (Lipinski definition) is 3. The lowest BCUT2D eigenvalue weighted by atomic mass is 9.94. The maximum absolute atomic E-state index is 3.88. The molecule has 3 nitrogen and oxygen atoms in total. The molecule has 2 unspecified atom stereocenters. The summed E-state index contributed by atoms with van der Waals surface area (Å²) in [6, 6.07) is 2.55. The summed E-state index contributed by atoms with van der Waals surface area (Å²) in [6.45, 7) is 3.86. The molecule has 3 saturated heterocycles. The Labute approximate surface area is 112 Å². The molecule has 0 spiro atoms. The second-order valence-corrected chi connectivity index (χ2v) is 6.87. The molecule has 0 aromatic rings. The van der Waals surface area contributed by atoms with Crippen molar-refractivity contribution in [3.63, 3.8) is 0 Å². The molecule has 3 rings (SSSR count). The lowest BCUT2D eigenvalue weighted by Crippen LogP contribution is -2.48. The van der Waals surface area contributed by atoms with E-state index in [0.29, 0.717) is 0 Å². The van der Waals surface area contributed by atoms with Crippen LogP contribution >= 0.6 is 0 Å². The Hall–Kier alpha value is -0.120. The summed E-state index contributed by atoms with van der Waals surface area (Å²) in [5, 5.41) is 3.88. The first kappa shape index (κ1) is 12.9. The van der Waals surface area contributed by atoms with Crippen LogP contribution in [-0.4, -0.2) is 61.7 Å². The monoisotopic (exact) mass is 251 g/mol. The van der Waals surface area contributed by atoms with E-state index >= 15 is 0 Å². The zero-order valence-corrected chi connectivity index (χ0v) is 12.1. The molecule has 2 bridgehead atoms. The fraction of sp³-hybridized carbons (Fsp3) is 1.00. The minimum absolute atomic E-state index is 0.804. The number of fused-ring (bicyclic) bond motifs is 2. The molecular formula is C15H29N3. The van der Waals surface area contributed by atoms with E-state index in [4.69, 9.17) is 0 Å². The minimum Gasteiger partial charge on any atom is -0.314 e. The summed E-state index contributed by atoms with van der Waals surface area (Å²) < 4.78 is 0. The van der Waals surface area contributed by atoms with Gasteiger partial charge >= 0.3 is 0 Å². The van der Waals surface area contributed by atoms with Gasteiger partial charge in [0.15, 0.2) is 0 Å². The second kappa shape index (κ2) is 5.48. The topological polar surface area (TPSA) is 18.5 Å². The second-order valence-electron chi connectivity index (χ2n) is 6.87. The highest BCUT2D eigenvalue weighted by molar-refractivity contribution is 4.96. The lowest BCUT2D eigenvalue weighted by molar-refractivity contribution is 0.141. The minimum atomic E-state index is 0.804. The van der Waals surface area contributed by atoms with Crippen LogP contribution in [0, 0.1) is 5.92 Å². The average Bonchev–Trinajstić information content (AvgIpc) is 2.62. The fourth-order valence-electron chi connectivity index (χ4n) is 4.18. The van der Waals surface area contributed by atoms with E-state index in [1.165, 1.54) is 58.2 Å². The highest BCUT2D eigenvalue weighted by Crippen LogP contribution is 2.34. The molecule has 0 aliphatic carbocycles. The van der Waals surface area contributed by atoms with Gasteiger partial charge in [-0.05, 0) is 78.2 Å². The fourth-order valence-corrected chi connectivity index (χ4v) is 4.18. The molecule has 0 aromatic carbocycles. The van der Waals surface area contributed by atoms with Crippen LogP contribution in [0.2, 0.25) is 0 Å². The first-order chi connectivity index (χ1) is 8.72. The Bertz CT molecular complexity index is 259. The van der Waals surface area contributed by atoms with Gasteiger partial charge in [0.2, 0.25) is 0 Å². The molecule has 1 N–H and O–H groups in total. The van der Waals surface area contributed by atoms with E-state index in [2.05, 4.69) is 29.2 Å². The zero-order valence-electron chi connectivity index (χ0n) is 12.1. The molecule has 2 atom stereocenters. The lowest BCUT2D eigenvalue weighted by Gasteiger charge is -2.38. The summed E-state index contributed by atoms with van der Waals surface area (Å²) in [5.74, 6) is 0.929. The SMILES string of the molecule is CN1CCC(CNC2CC3CCC(C2)N3C)CC1. The molecule has 3 aliphatic rings. The van der Waals surface area contributed by atoms with Gasteiger partial charge in [0.25, 0.3) is 0 Å². The number of nitrogens with one attached hydrogen (secondary N) is 1. The Balaban J connectivity index is 1.42. The summed E-state index contributed by atoms with van der Waals surface area (Å²) in [5.41, 5.74) is 0. The van der Waals surface area contributed by atoms with Crippen LogP contribution in [0.25, 0.3) is 0 Å². The van der Waals surface area contributed by atoms with Crippen LogP contribution in [0.5, 0.6) is 0 Å². The molecule has 18 heavy (non-hydrogen) atoms. The van der Waals surface area contributed by atoms with Crippen LogP contribution in [0.4, 0.5) is 0 Å². The quantitative estimate of drug-likeness (QED) is 0.821. The van der Waals surface area contributed by atoms with Gasteiger partial charge in [-0.3, -0.25) is 0 Å². The normalized spacial score (nSPS) is 39.3. The largest absolute Gasteiger partial charge is 0.314 e. The predicted molar refractivity (Wildman–Crippen MR) is 75.8 cm³/mol. The molecular weight excluding hydrogens is 222 g/mol. The van der Waals surface area contributed by atoms with E-state index in [1.807, 2.05) is 0 Å². The summed E-state index contributed by atoms with van der Waals surface area (Å²) in [7, 11) is 4.58. The van der Waals surface area contributed by atoms with Gasteiger partial charge in [0, 0.05) is 18.1 Å². The van der Waals surface area contributed by atoms with Crippen molar-refractivity contribution in [2.75, 3.05) is 33.7 Å². The third-order valence-corrected chi connectivity index (χ3v) is 5.63. The van der Waals surface area contributed by atoms with Crippen LogP contribution < -0.4 is 5.32 Å². The molecule has 3 heteroatoms. The van der Waals surface area contributed by atoms with Crippen LogP contribution in [0.15, 0.2) is 0 Å². The molecule has 0 radical (unpaired) electrons. The van der Waals surface area contributed by atoms with Gasteiger partial charge in [-0.2, -0.15) is 0 Å². The number of rotatable bonds is 3. The molecule has 3 fully saturated rings. The highest BCUT2D eigenvalue weighted by Gasteiger charge is 2.38. The van der Waals surface area contributed by atoms with Gasteiger partial charge < -0.3 is 15.1 Å². The smallest absolute Gasteiger partial charge is 0.0111 e. The van der Waals surface area contributed by atoms with Gasteiger partial charge in [0.05, 0.1) is 0 Å². The number of nitrogens with zero attached hydrogens (tertiary/aromatic N) is 2. The van der Waals surface area contributed by atoms with Crippen LogP contribution in [0.3, 0.4) is 0 Å². The number of piperidine rings is 2. The van der Waals surface area contributed by atoms with Crippen molar-refractivity contribution in [2.45, 2.75) is 56.7 Å². The highest BCUT2D eigenvalue weighted by atomic mass is 15.2. The van der Waals surface area contributed by atoms with Gasteiger partial charge in [0.1, 0.15) is 0 Å². The molecule has 0 aromatic heterocycles. The summed E-state index contributed by atoms with van der Waals surface area (Å²) in [4.78, 5) is 5.10. The molecule has 0 amide bonds. The Kier molecular flexibility index (Phi) is 3.92. The molecule has 104 valence electrons. The first-order valence-electron chi connectivity index (χ1n) is 7.86. The molecule has 3 heterocycles. The van der Waals surface area contributed by atoms with Crippen molar-refractivity contribution in [3.05, 3.63) is 0 Å². The number of likely N-dealkylation sites (tertiary alicyclic amines) is 1. The van der Waals surface area contributed by atoms with Crippen molar-refractivity contribution in [1.29, 1.82) is 0 Å². The van der Waals surface area contributed by atoms with Crippen molar-refractivity contribution in [1.82, 2.24) is 15.1 Å². The van der Waals surface area contributed by atoms with E-state index in [1.54, 1.807) is 0 Å². The van der Waals surface area contributed by atoms with Crippen LogP contribution in [-0.2, 0) is 0 Å². The van der Waals surface area contributed by atoms with Crippen LogP contribution in [0.1, 0.15) is 38.5 Å². The summed E-state index contributed by atoms with van der Waals surface area (Å²) in [6.07, 6.45) is 8.44. The van der Waals surface area contributed by atoms with Crippen molar-refractivity contribution in [3.8, 4) is 0 Å². The molecule has 0 saturated carbocycles. The van der Waals surface area contributed by atoms with E-state index in [0.717, 1.165) is 24.0 Å². The third kappa shape index (κ3) is 2.73. The van der Waals surface area contributed by atoms with Gasteiger partial charge in [-0.25, -0.2) is 0 Å². The van der Waals surface area contributed by atoms with Crippen molar-refractivity contribution in [2.24, 2.45) is 5.92 Å². The van der Waals surface area contributed by atoms with E-state index < -0.39 is 0 Å². The third-order valence-electron chi connectivity index (χ3n) is 5.63. The average molecular weight is 251 g/mol. The standard InChI is InChI=1S/C15H29N3/c1-17-7-5-12(6-8-17)11-16-13-9-14-3-4-15(10-13)18(14)2/h12-16H,3-11H2,1-2H3. The predicted octanol–water partition coefficient (Wildman–Crippen LogP) is 1.54. The van der Waals surface area contributed by atoms with Gasteiger partial charge in [-0.15, -0.1) is 0 Å². The number of hydrogen-bond donors (Lipinski definition) is 1. The molecule has 3 aliphatic heterocycles. The van der Waals surface area contributed by atoms with Crippen molar-refractivity contribution < 1.29 is 0 Å².